The molecule has 2 rings (SSSR count). The highest BCUT2D eigenvalue weighted by molar-refractivity contribution is 9.09. The summed E-state index contributed by atoms with van der Waals surface area (Å²) in [5, 5.41) is 5.69. The first-order valence-corrected chi connectivity index (χ1v) is 12.0. The molecule has 0 amide bonds. The zero-order chi connectivity index (χ0) is 24.4. The van der Waals surface area contributed by atoms with Crippen molar-refractivity contribution < 1.29 is 35.8 Å². The summed E-state index contributed by atoms with van der Waals surface area (Å²) < 4.78 is 73.3. The number of methoxy groups -OCH3 is 1. The van der Waals surface area contributed by atoms with Crippen LogP contribution in [0.5, 0.6) is 17.2 Å². The van der Waals surface area contributed by atoms with Gasteiger partial charge in [-0.15, -0.1) is 0 Å². The molecule has 0 spiro atoms. The number of hydrogen-bond acceptors (Lipinski definition) is 6. The van der Waals surface area contributed by atoms with Crippen molar-refractivity contribution in [1.29, 1.82) is 0 Å². The molecule has 0 fully saturated rings. The number of ether oxygens (including phenoxy) is 3. The van der Waals surface area contributed by atoms with Crippen molar-refractivity contribution >= 4 is 26.0 Å². The molecule has 4 N–H and O–H groups in total. The van der Waals surface area contributed by atoms with Gasteiger partial charge in [0.1, 0.15) is 10.6 Å². The summed E-state index contributed by atoms with van der Waals surface area (Å²) in [5.41, 5.74) is 6.46. The molecule has 0 saturated carbocycles. The van der Waals surface area contributed by atoms with Gasteiger partial charge in [-0.1, -0.05) is 34.1 Å². The Morgan fingerprint density at radius 1 is 1.06 bits per heavy atom. The number of benzene rings is 2. The summed E-state index contributed by atoms with van der Waals surface area (Å²) in [4.78, 5) is -0.00634. The van der Waals surface area contributed by atoms with Crippen molar-refractivity contribution in [2.45, 2.75) is 30.5 Å². The van der Waals surface area contributed by atoms with Gasteiger partial charge in [0.2, 0.25) is 10.0 Å². The zero-order valence-corrected chi connectivity index (χ0v) is 20.0. The molecule has 0 aliphatic carbocycles. The van der Waals surface area contributed by atoms with Crippen LogP contribution < -0.4 is 25.1 Å². The molecular formula is C20H26BrF3N2O5S. The van der Waals surface area contributed by atoms with Crippen molar-refractivity contribution in [2.24, 2.45) is 10.9 Å². The number of primary sulfonamides is 1. The molecule has 0 aliphatic rings. The summed E-state index contributed by atoms with van der Waals surface area (Å²) >= 11 is 3.16. The lowest BCUT2D eigenvalue weighted by atomic mass is 10.1. The number of nitrogens with two attached hydrogens (primary N) is 2. The van der Waals surface area contributed by atoms with Crippen LogP contribution in [0.3, 0.4) is 0 Å². The van der Waals surface area contributed by atoms with Gasteiger partial charge in [-0.2, -0.15) is 13.2 Å². The van der Waals surface area contributed by atoms with E-state index in [-0.39, 0.29) is 22.4 Å². The van der Waals surface area contributed by atoms with Crippen LogP contribution in [-0.2, 0) is 16.4 Å². The Hall–Kier alpha value is -2.02. The maximum absolute atomic E-state index is 12.0. The van der Waals surface area contributed by atoms with Crippen molar-refractivity contribution in [2.75, 3.05) is 25.7 Å². The molecule has 0 aromatic heterocycles. The third-order valence-electron chi connectivity index (χ3n) is 3.67. The SMILES string of the molecule is COc1ccc(CC(C)N)cc1S(N)(=O)=O.FC(F)(F)COc1ccccc1OCCBr. The Bertz CT molecular complexity index is 956. The first-order chi connectivity index (χ1) is 14.9. The minimum absolute atomic E-state index is 0.00634. The zero-order valence-electron chi connectivity index (χ0n) is 17.6. The summed E-state index contributed by atoms with van der Waals surface area (Å²) in [7, 11) is -2.37. The van der Waals surface area contributed by atoms with E-state index in [1.54, 1.807) is 30.3 Å². The highest BCUT2D eigenvalue weighted by Gasteiger charge is 2.28. The van der Waals surface area contributed by atoms with Crippen LogP contribution in [0.25, 0.3) is 0 Å². The van der Waals surface area contributed by atoms with Gasteiger partial charge in [-0.3, -0.25) is 0 Å². The predicted octanol–water partition coefficient (Wildman–Crippen LogP) is 3.63. The van der Waals surface area contributed by atoms with Gasteiger partial charge >= 0.3 is 6.18 Å². The van der Waals surface area contributed by atoms with Gasteiger partial charge in [0, 0.05) is 11.4 Å². The second-order valence-corrected chi connectivity index (χ2v) is 8.92. The van der Waals surface area contributed by atoms with Crippen LogP contribution in [0.1, 0.15) is 12.5 Å². The average molecular weight is 543 g/mol. The fraction of sp³-hybridized carbons (Fsp3) is 0.400. The molecule has 0 bridgehead atoms. The van der Waals surface area contributed by atoms with Gasteiger partial charge in [0.05, 0.1) is 13.7 Å². The molecule has 2 aromatic carbocycles. The van der Waals surface area contributed by atoms with Gasteiger partial charge in [0.15, 0.2) is 18.1 Å². The third-order valence-corrected chi connectivity index (χ3v) is 4.92. The second-order valence-electron chi connectivity index (χ2n) is 6.60. The van der Waals surface area contributed by atoms with E-state index in [4.69, 9.17) is 20.3 Å². The quantitative estimate of drug-likeness (QED) is 0.467. The van der Waals surface area contributed by atoms with Crippen molar-refractivity contribution in [3.05, 3.63) is 48.0 Å². The number of alkyl halides is 4. The number of rotatable bonds is 9. The van der Waals surface area contributed by atoms with E-state index in [2.05, 4.69) is 20.7 Å². The van der Waals surface area contributed by atoms with Gasteiger partial charge in [-0.05, 0) is 43.2 Å². The molecule has 0 radical (unpaired) electrons. The van der Waals surface area contributed by atoms with Crippen LogP contribution in [0, 0.1) is 0 Å². The predicted molar refractivity (Wildman–Crippen MR) is 119 cm³/mol. The van der Waals surface area contributed by atoms with Crippen LogP contribution in [-0.4, -0.2) is 46.3 Å². The second kappa shape index (κ2) is 12.9. The Morgan fingerprint density at radius 2 is 1.66 bits per heavy atom. The van der Waals surface area contributed by atoms with E-state index in [0.29, 0.717) is 24.1 Å². The van der Waals surface area contributed by atoms with Crippen molar-refractivity contribution in [3.8, 4) is 17.2 Å². The normalized spacial score (nSPS) is 12.4. The first kappa shape index (κ1) is 28.0. The molecule has 0 heterocycles. The lowest BCUT2D eigenvalue weighted by Crippen LogP contribution is -2.19. The highest BCUT2D eigenvalue weighted by atomic mass is 79.9. The van der Waals surface area contributed by atoms with Crippen molar-refractivity contribution in [3.63, 3.8) is 0 Å². The molecule has 1 atom stereocenters. The van der Waals surface area contributed by atoms with E-state index < -0.39 is 22.8 Å². The van der Waals surface area contributed by atoms with Gasteiger partial charge in [-0.25, -0.2) is 13.6 Å². The summed E-state index contributed by atoms with van der Waals surface area (Å²) in [6.45, 7) is 0.898. The van der Waals surface area contributed by atoms with E-state index in [0.717, 1.165) is 5.56 Å². The Labute approximate surface area is 194 Å². The van der Waals surface area contributed by atoms with Gasteiger partial charge in [0.25, 0.3) is 0 Å². The Kier molecular flexibility index (Phi) is 11.3. The summed E-state index contributed by atoms with van der Waals surface area (Å²) in [5.74, 6) is 0.655. The Morgan fingerprint density at radius 3 is 2.12 bits per heavy atom. The lowest BCUT2D eigenvalue weighted by Gasteiger charge is -2.13. The molecule has 180 valence electrons. The van der Waals surface area contributed by atoms with E-state index in [1.165, 1.54) is 19.2 Å². The fourth-order valence-corrected chi connectivity index (χ4v) is 3.35. The molecular weight excluding hydrogens is 517 g/mol. The number of sulfonamides is 1. The number of para-hydroxylation sites is 2. The third kappa shape index (κ3) is 10.5. The summed E-state index contributed by atoms with van der Waals surface area (Å²) in [6, 6.07) is 11.1. The lowest BCUT2D eigenvalue weighted by molar-refractivity contribution is -0.153. The van der Waals surface area contributed by atoms with Crippen molar-refractivity contribution in [1.82, 2.24) is 0 Å². The van der Waals surface area contributed by atoms with E-state index >= 15 is 0 Å². The Balaban J connectivity index is 0.000000320. The van der Waals surface area contributed by atoms with E-state index in [9.17, 15) is 21.6 Å². The standard InChI is InChI=1S/C10H10BrF3O2.C10H16N2O3S/c11-5-6-15-8-3-1-2-4-9(8)16-7-10(12,13)14;1-7(11)5-8-3-4-9(15-2)10(6-8)16(12,13)14/h1-4H,5-7H2;3-4,6-7H,5,11H2,1-2H3,(H2,12,13,14). The summed E-state index contributed by atoms with van der Waals surface area (Å²) in [6.07, 6.45) is -3.75. The minimum atomic E-state index is -4.34. The molecule has 12 heteroatoms. The van der Waals surface area contributed by atoms with Crippen LogP contribution in [0.15, 0.2) is 47.4 Å². The smallest absolute Gasteiger partial charge is 0.422 e. The molecule has 0 aliphatic heterocycles. The van der Waals surface area contributed by atoms with E-state index in [1.807, 2.05) is 6.92 Å². The number of hydrogen-bond donors (Lipinski definition) is 2. The topological polar surface area (TPSA) is 114 Å². The largest absolute Gasteiger partial charge is 0.495 e. The molecule has 2 aromatic rings. The van der Waals surface area contributed by atoms with Gasteiger partial charge < -0.3 is 19.9 Å². The van der Waals surface area contributed by atoms with Crippen LogP contribution in [0.4, 0.5) is 13.2 Å². The van der Waals surface area contributed by atoms with Crippen LogP contribution in [0.2, 0.25) is 0 Å². The molecule has 32 heavy (non-hydrogen) atoms. The maximum atomic E-state index is 12.0. The molecule has 7 nitrogen and oxygen atoms in total. The monoisotopic (exact) mass is 542 g/mol. The fourth-order valence-electron chi connectivity index (χ4n) is 2.44. The highest BCUT2D eigenvalue weighted by Crippen LogP contribution is 2.28. The first-order valence-electron chi connectivity index (χ1n) is 9.30. The van der Waals surface area contributed by atoms with Crippen LogP contribution >= 0.6 is 15.9 Å². The minimum Gasteiger partial charge on any atom is -0.495 e. The molecule has 1 unspecified atom stereocenters. The molecule has 0 saturated heterocycles. The maximum Gasteiger partial charge on any atom is 0.422 e. The number of halogens is 4. The average Bonchev–Trinajstić information content (AvgIpc) is 2.70.